The van der Waals surface area contributed by atoms with Gasteiger partial charge in [-0.2, -0.15) is 5.10 Å². The Morgan fingerprint density at radius 2 is 2.11 bits per heavy atom. The highest BCUT2D eigenvalue weighted by Gasteiger charge is 2.10. The first-order chi connectivity index (χ1) is 8.56. The van der Waals surface area contributed by atoms with Crippen LogP contribution >= 0.6 is 27.5 Å². The third kappa shape index (κ3) is 2.96. The number of carbonyl (C=O) groups excluding carboxylic acids is 1. The summed E-state index contributed by atoms with van der Waals surface area (Å²) in [5.41, 5.74) is 0.275. The van der Waals surface area contributed by atoms with E-state index in [1.54, 1.807) is 18.2 Å². The lowest BCUT2D eigenvalue weighted by atomic mass is 10.3. The zero-order valence-corrected chi connectivity index (χ0v) is 11.2. The quantitative estimate of drug-likeness (QED) is 0.889. The van der Waals surface area contributed by atoms with Crippen molar-refractivity contribution in [3.63, 3.8) is 0 Å². The number of aromatic nitrogens is 2. The second kappa shape index (κ2) is 5.32. The van der Waals surface area contributed by atoms with Gasteiger partial charge in [-0.3, -0.25) is 9.59 Å². The average molecular weight is 329 g/mol. The first-order valence-corrected chi connectivity index (χ1v) is 6.05. The minimum Gasteiger partial charge on any atom is -0.319 e. The number of anilines is 1. The summed E-state index contributed by atoms with van der Waals surface area (Å²) < 4.78 is 0.699. The van der Waals surface area contributed by atoms with E-state index in [1.165, 1.54) is 12.1 Å². The van der Waals surface area contributed by atoms with Gasteiger partial charge in [0.05, 0.1) is 5.69 Å². The van der Waals surface area contributed by atoms with E-state index in [2.05, 4.69) is 31.4 Å². The first-order valence-electron chi connectivity index (χ1n) is 4.88. The lowest BCUT2D eigenvalue weighted by Gasteiger charge is -2.06. The molecule has 0 aliphatic heterocycles. The molecule has 0 saturated heterocycles. The van der Waals surface area contributed by atoms with Crippen LogP contribution in [0.1, 0.15) is 10.5 Å². The van der Waals surface area contributed by atoms with Gasteiger partial charge in [-0.15, -0.1) is 0 Å². The van der Waals surface area contributed by atoms with Gasteiger partial charge in [-0.1, -0.05) is 11.6 Å². The Kier molecular flexibility index (Phi) is 3.78. The van der Waals surface area contributed by atoms with Crippen LogP contribution in [0.25, 0.3) is 0 Å². The molecule has 1 amide bonds. The van der Waals surface area contributed by atoms with Gasteiger partial charge in [0.15, 0.2) is 0 Å². The third-order valence-electron chi connectivity index (χ3n) is 2.09. The molecule has 1 aromatic heterocycles. The second-order valence-electron chi connectivity index (χ2n) is 3.38. The molecule has 7 heteroatoms. The number of nitrogens with one attached hydrogen (secondary N) is 2. The van der Waals surface area contributed by atoms with Gasteiger partial charge in [0.1, 0.15) is 5.69 Å². The van der Waals surface area contributed by atoms with E-state index >= 15 is 0 Å². The molecule has 0 radical (unpaired) electrons. The van der Waals surface area contributed by atoms with Crippen LogP contribution in [0, 0.1) is 0 Å². The standard InChI is InChI=1S/C11H7BrClN3O2/c12-7-2-1-6(13)5-9(7)14-11(18)8-3-4-10(17)16-15-8/h1-5H,(H,14,18)(H,16,17). The Morgan fingerprint density at radius 1 is 1.33 bits per heavy atom. The van der Waals surface area contributed by atoms with Crippen LogP contribution in [0.15, 0.2) is 39.6 Å². The molecule has 2 N–H and O–H groups in total. The molecule has 2 rings (SSSR count). The summed E-state index contributed by atoms with van der Waals surface area (Å²) in [4.78, 5) is 22.7. The van der Waals surface area contributed by atoms with Crippen molar-refractivity contribution >= 4 is 39.1 Å². The summed E-state index contributed by atoms with van der Waals surface area (Å²) in [6, 6.07) is 7.59. The highest BCUT2D eigenvalue weighted by Crippen LogP contribution is 2.26. The van der Waals surface area contributed by atoms with E-state index in [9.17, 15) is 9.59 Å². The van der Waals surface area contributed by atoms with Gasteiger partial charge in [-0.25, -0.2) is 5.10 Å². The predicted octanol–water partition coefficient (Wildman–Crippen LogP) is 2.44. The summed E-state index contributed by atoms with van der Waals surface area (Å²) in [5, 5.41) is 8.95. The molecule has 92 valence electrons. The topological polar surface area (TPSA) is 74.8 Å². The number of aromatic amines is 1. The molecule has 1 aromatic carbocycles. The van der Waals surface area contributed by atoms with Crippen LogP contribution in [0.5, 0.6) is 0 Å². The van der Waals surface area contributed by atoms with Crippen LogP contribution in [0.3, 0.4) is 0 Å². The molecule has 0 aliphatic carbocycles. The molecule has 2 aromatic rings. The number of halogens is 2. The summed E-state index contributed by atoms with van der Waals surface area (Å²) in [6.07, 6.45) is 0. The van der Waals surface area contributed by atoms with Crippen LogP contribution in [0.4, 0.5) is 5.69 Å². The van der Waals surface area contributed by atoms with Crippen molar-refractivity contribution < 1.29 is 4.79 Å². The number of benzene rings is 1. The summed E-state index contributed by atoms with van der Waals surface area (Å²) in [5.74, 6) is -0.436. The van der Waals surface area contributed by atoms with Gasteiger partial charge in [0.25, 0.3) is 11.5 Å². The Hall–Kier alpha value is -1.66. The predicted molar refractivity (Wildman–Crippen MR) is 72.0 cm³/mol. The van der Waals surface area contributed by atoms with Crippen molar-refractivity contribution in [2.75, 3.05) is 5.32 Å². The van der Waals surface area contributed by atoms with Crippen molar-refractivity contribution in [3.8, 4) is 0 Å². The zero-order valence-electron chi connectivity index (χ0n) is 8.91. The molecule has 0 bridgehead atoms. The van der Waals surface area contributed by atoms with E-state index in [0.717, 1.165) is 0 Å². The van der Waals surface area contributed by atoms with Crippen LogP contribution in [-0.2, 0) is 0 Å². The van der Waals surface area contributed by atoms with Crippen molar-refractivity contribution in [1.29, 1.82) is 0 Å². The van der Waals surface area contributed by atoms with Crippen molar-refractivity contribution in [3.05, 3.63) is 55.9 Å². The number of hydrogen-bond acceptors (Lipinski definition) is 3. The Labute approximate surface area is 115 Å². The van der Waals surface area contributed by atoms with E-state index in [4.69, 9.17) is 11.6 Å². The molecule has 0 aliphatic rings. The minimum atomic E-state index is -0.436. The van der Waals surface area contributed by atoms with Gasteiger partial charge in [0.2, 0.25) is 0 Å². The van der Waals surface area contributed by atoms with Crippen molar-refractivity contribution in [2.45, 2.75) is 0 Å². The maximum Gasteiger partial charge on any atom is 0.276 e. The SMILES string of the molecule is O=C(Nc1cc(Cl)ccc1Br)c1ccc(=O)[nH]n1. The van der Waals surface area contributed by atoms with Gasteiger partial charge in [0, 0.05) is 15.6 Å². The molecule has 1 heterocycles. The van der Waals surface area contributed by atoms with Gasteiger partial charge in [-0.05, 0) is 40.2 Å². The number of rotatable bonds is 2. The molecule has 5 nitrogen and oxygen atoms in total. The van der Waals surface area contributed by atoms with Gasteiger partial charge < -0.3 is 5.32 Å². The van der Waals surface area contributed by atoms with E-state index in [-0.39, 0.29) is 11.3 Å². The third-order valence-corrected chi connectivity index (χ3v) is 3.01. The minimum absolute atomic E-state index is 0.112. The van der Waals surface area contributed by atoms with Crippen LogP contribution in [0.2, 0.25) is 5.02 Å². The highest BCUT2D eigenvalue weighted by atomic mass is 79.9. The van der Waals surface area contributed by atoms with Crippen molar-refractivity contribution in [1.82, 2.24) is 10.2 Å². The second-order valence-corrected chi connectivity index (χ2v) is 4.68. The normalized spacial score (nSPS) is 10.1. The molecule has 0 spiro atoms. The van der Waals surface area contributed by atoms with Crippen LogP contribution < -0.4 is 10.9 Å². The van der Waals surface area contributed by atoms with Crippen LogP contribution in [-0.4, -0.2) is 16.1 Å². The maximum atomic E-state index is 11.8. The first kappa shape index (κ1) is 12.8. The largest absolute Gasteiger partial charge is 0.319 e. The Balaban J connectivity index is 2.23. The fraction of sp³-hybridized carbons (Fsp3) is 0. The lowest BCUT2D eigenvalue weighted by Crippen LogP contribution is -2.17. The number of amides is 1. The fourth-order valence-electron chi connectivity index (χ4n) is 1.25. The molecule has 0 unspecified atom stereocenters. The highest BCUT2D eigenvalue weighted by molar-refractivity contribution is 9.10. The molecule has 0 saturated carbocycles. The maximum absolute atomic E-state index is 11.8. The molecular formula is C11H7BrClN3O2. The molecule has 18 heavy (non-hydrogen) atoms. The number of nitrogens with zero attached hydrogens (tertiary/aromatic N) is 1. The Bertz CT molecular complexity index is 636. The summed E-state index contributed by atoms with van der Waals surface area (Å²) >= 11 is 9.12. The zero-order chi connectivity index (χ0) is 13.1. The lowest BCUT2D eigenvalue weighted by molar-refractivity contribution is 0.102. The number of H-pyrrole nitrogens is 1. The summed E-state index contributed by atoms with van der Waals surface area (Å²) in [6.45, 7) is 0. The fourth-order valence-corrected chi connectivity index (χ4v) is 1.77. The summed E-state index contributed by atoms with van der Waals surface area (Å²) in [7, 11) is 0. The molecule has 0 fully saturated rings. The van der Waals surface area contributed by atoms with Crippen molar-refractivity contribution in [2.24, 2.45) is 0 Å². The van der Waals surface area contributed by atoms with E-state index in [1.807, 2.05) is 0 Å². The smallest absolute Gasteiger partial charge is 0.276 e. The number of hydrogen-bond donors (Lipinski definition) is 2. The van der Waals surface area contributed by atoms with E-state index < -0.39 is 5.91 Å². The molecular weight excluding hydrogens is 321 g/mol. The Morgan fingerprint density at radius 3 is 2.78 bits per heavy atom. The number of carbonyl (C=O) groups is 1. The van der Waals surface area contributed by atoms with E-state index in [0.29, 0.717) is 15.2 Å². The molecule has 0 atom stereocenters. The average Bonchev–Trinajstić information content (AvgIpc) is 2.34. The van der Waals surface area contributed by atoms with Gasteiger partial charge >= 0.3 is 0 Å². The monoisotopic (exact) mass is 327 g/mol.